The van der Waals surface area contributed by atoms with Gasteiger partial charge in [-0.15, -0.1) is 0 Å². The predicted octanol–water partition coefficient (Wildman–Crippen LogP) is 1.68. The van der Waals surface area contributed by atoms with E-state index in [9.17, 15) is 4.39 Å². The Morgan fingerprint density at radius 3 is 2.85 bits per heavy atom. The molecule has 0 aliphatic carbocycles. The highest BCUT2D eigenvalue weighted by Gasteiger charge is 2.07. The van der Waals surface area contributed by atoms with Crippen LogP contribution in [0, 0.1) is 17.1 Å². The third-order valence-corrected chi connectivity index (χ3v) is 1.52. The van der Waals surface area contributed by atoms with Gasteiger partial charge >= 0.3 is 0 Å². The Morgan fingerprint density at radius 1 is 1.62 bits per heavy atom. The van der Waals surface area contributed by atoms with Crippen LogP contribution < -0.4 is 10.5 Å². The Kier molecular flexibility index (Phi) is 2.70. The maximum absolute atomic E-state index is 12.9. The number of rotatable bonds is 2. The Morgan fingerprint density at radius 2 is 2.31 bits per heavy atom. The molecule has 0 aromatic heterocycles. The van der Waals surface area contributed by atoms with Gasteiger partial charge in [-0.3, -0.25) is 0 Å². The Hall–Kier alpha value is -1.76. The van der Waals surface area contributed by atoms with Crippen molar-refractivity contribution < 1.29 is 9.13 Å². The SMILES string of the molecule is CCOc1cc(N)c(F)cc1C#N. The molecule has 0 aliphatic heterocycles. The lowest BCUT2D eigenvalue weighted by atomic mass is 10.2. The van der Waals surface area contributed by atoms with E-state index in [1.807, 2.05) is 6.07 Å². The zero-order chi connectivity index (χ0) is 9.84. The second-order valence-electron chi connectivity index (χ2n) is 2.41. The molecule has 0 atom stereocenters. The van der Waals surface area contributed by atoms with Gasteiger partial charge in [-0.05, 0) is 13.0 Å². The van der Waals surface area contributed by atoms with Crippen LogP contribution in [0.15, 0.2) is 12.1 Å². The van der Waals surface area contributed by atoms with Gasteiger partial charge in [0.25, 0.3) is 0 Å². The van der Waals surface area contributed by atoms with Crippen molar-refractivity contribution in [2.75, 3.05) is 12.3 Å². The highest BCUT2D eigenvalue weighted by Crippen LogP contribution is 2.23. The fourth-order valence-electron chi connectivity index (χ4n) is 0.931. The van der Waals surface area contributed by atoms with E-state index in [0.717, 1.165) is 6.07 Å². The zero-order valence-corrected chi connectivity index (χ0v) is 7.17. The molecular formula is C9H9FN2O. The first kappa shape index (κ1) is 9.33. The average molecular weight is 180 g/mol. The van der Waals surface area contributed by atoms with E-state index in [1.165, 1.54) is 6.07 Å². The second-order valence-corrected chi connectivity index (χ2v) is 2.41. The fourth-order valence-corrected chi connectivity index (χ4v) is 0.931. The van der Waals surface area contributed by atoms with Crippen molar-refractivity contribution in [2.24, 2.45) is 0 Å². The molecule has 0 saturated heterocycles. The Labute approximate surface area is 75.5 Å². The maximum Gasteiger partial charge on any atom is 0.147 e. The minimum absolute atomic E-state index is 0.0116. The highest BCUT2D eigenvalue weighted by molar-refractivity contribution is 5.54. The molecule has 3 nitrogen and oxygen atoms in total. The van der Waals surface area contributed by atoms with Gasteiger partial charge < -0.3 is 10.5 Å². The van der Waals surface area contributed by atoms with Gasteiger partial charge in [0.05, 0.1) is 17.9 Å². The molecule has 0 fully saturated rings. The summed E-state index contributed by atoms with van der Waals surface area (Å²) >= 11 is 0. The largest absolute Gasteiger partial charge is 0.492 e. The molecule has 0 bridgehead atoms. The van der Waals surface area contributed by atoms with Crippen LogP contribution >= 0.6 is 0 Å². The van der Waals surface area contributed by atoms with Crippen molar-refractivity contribution in [3.8, 4) is 11.8 Å². The first-order valence-electron chi connectivity index (χ1n) is 3.81. The summed E-state index contributed by atoms with van der Waals surface area (Å²) in [6.45, 7) is 2.19. The van der Waals surface area contributed by atoms with Gasteiger partial charge in [-0.2, -0.15) is 5.26 Å². The number of halogens is 1. The number of nitrogen functional groups attached to an aromatic ring is 1. The number of ether oxygens (including phenoxy) is 1. The predicted molar refractivity (Wildman–Crippen MR) is 46.7 cm³/mol. The number of hydrogen-bond acceptors (Lipinski definition) is 3. The molecule has 2 N–H and O–H groups in total. The van der Waals surface area contributed by atoms with Crippen LogP contribution in [0.5, 0.6) is 5.75 Å². The molecule has 0 radical (unpaired) electrons. The van der Waals surface area contributed by atoms with E-state index >= 15 is 0 Å². The molecule has 1 aromatic rings. The lowest BCUT2D eigenvalue weighted by molar-refractivity contribution is 0.339. The topological polar surface area (TPSA) is 59.0 Å². The number of benzene rings is 1. The van der Waals surface area contributed by atoms with Crippen molar-refractivity contribution in [3.05, 3.63) is 23.5 Å². The van der Waals surface area contributed by atoms with Gasteiger partial charge in [0.1, 0.15) is 17.6 Å². The monoisotopic (exact) mass is 180 g/mol. The van der Waals surface area contributed by atoms with Crippen LogP contribution in [0.2, 0.25) is 0 Å². The van der Waals surface area contributed by atoms with E-state index in [-0.39, 0.29) is 11.3 Å². The summed E-state index contributed by atoms with van der Waals surface area (Å²) in [5, 5.41) is 8.62. The number of nitrogens with zero attached hydrogens (tertiary/aromatic N) is 1. The van der Waals surface area contributed by atoms with Crippen molar-refractivity contribution in [2.45, 2.75) is 6.92 Å². The highest BCUT2D eigenvalue weighted by atomic mass is 19.1. The minimum Gasteiger partial charge on any atom is -0.492 e. The van der Waals surface area contributed by atoms with Gasteiger partial charge in [0.15, 0.2) is 0 Å². The van der Waals surface area contributed by atoms with Gasteiger partial charge in [-0.25, -0.2) is 4.39 Å². The van der Waals surface area contributed by atoms with Crippen LogP contribution in [-0.2, 0) is 0 Å². The van der Waals surface area contributed by atoms with Crippen LogP contribution in [0.4, 0.5) is 10.1 Å². The minimum atomic E-state index is -0.597. The quantitative estimate of drug-likeness (QED) is 0.704. The van der Waals surface area contributed by atoms with Crippen molar-refractivity contribution in [1.82, 2.24) is 0 Å². The number of nitriles is 1. The van der Waals surface area contributed by atoms with Crippen molar-refractivity contribution in [1.29, 1.82) is 5.26 Å². The first-order chi connectivity index (χ1) is 6.19. The third-order valence-electron chi connectivity index (χ3n) is 1.52. The summed E-state index contributed by atoms with van der Waals surface area (Å²) in [5.41, 5.74) is 5.46. The number of nitrogens with two attached hydrogens (primary N) is 1. The molecule has 68 valence electrons. The lowest BCUT2D eigenvalue weighted by Crippen LogP contribution is -1.98. The second kappa shape index (κ2) is 3.76. The number of hydrogen-bond donors (Lipinski definition) is 1. The molecule has 4 heteroatoms. The molecule has 0 heterocycles. The zero-order valence-electron chi connectivity index (χ0n) is 7.17. The normalized spacial score (nSPS) is 9.31. The Bertz CT molecular complexity index is 357. The summed E-state index contributed by atoms with van der Waals surface area (Å²) in [6.07, 6.45) is 0. The van der Waals surface area contributed by atoms with Gasteiger partial charge in [0, 0.05) is 6.07 Å². The van der Waals surface area contributed by atoms with Crippen molar-refractivity contribution >= 4 is 5.69 Å². The standard InChI is InChI=1S/C9H9FN2O/c1-2-13-9-4-8(12)7(10)3-6(9)5-11/h3-4H,2,12H2,1H3. The summed E-state index contributed by atoms with van der Waals surface area (Å²) < 4.78 is 17.9. The van der Waals surface area contributed by atoms with E-state index in [4.69, 9.17) is 15.7 Å². The van der Waals surface area contributed by atoms with E-state index in [2.05, 4.69) is 0 Å². The summed E-state index contributed by atoms with van der Waals surface area (Å²) in [5.74, 6) is -0.274. The summed E-state index contributed by atoms with van der Waals surface area (Å²) in [6, 6.07) is 4.21. The molecular weight excluding hydrogens is 171 g/mol. The molecule has 0 aliphatic rings. The smallest absolute Gasteiger partial charge is 0.147 e. The molecule has 0 amide bonds. The van der Waals surface area contributed by atoms with E-state index < -0.39 is 5.82 Å². The third kappa shape index (κ3) is 1.88. The van der Waals surface area contributed by atoms with E-state index in [0.29, 0.717) is 12.4 Å². The van der Waals surface area contributed by atoms with Crippen LogP contribution in [0.3, 0.4) is 0 Å². The lowest BCUT2D eigenvalue weighted by Gasteiger charge is -2.06. The van der Waals surface area contributed by atoms with Gasteiger partial charge in [0.2, 0.25) is 0 Å². The van der Waals surface area contributed by atoms with Crippen LogP contribution in [0.1, 0.15) is 12.5 Å². The molecule has 1 aromatic carbocycles. The van der Waals surface area contributed by atoms with Gasteiger partial charge in [-0.1, -0.05) is 0 Å². The summed E-state index contributed by atoms with van der Waals surface area (Å²) in [4.78, 5) is 0. The fraction of sp³-hybridized carbons (Fsp3) is 0.222. The molecule has 0 unspecified atom stereocenters. The van der Waals surface area contributed by atoms with Crippen molar-refractivity contribution in [3.63, 3.8) is 0 Å². The maximum atomic E-state index is 12.9. The average Bonchev–Trinajstić information content (AvgIpc) is 2.11. The molecule has 13 heavy (non-hydrogen) atoms. The van der Waals surface area contributed by atoms with Crippen LogP contribution in [0.25, 0.3) is 0 Å². The molecule has 0 spiro atoms. The van der Waals surface area contributed by atoms with Crippen LogP contribution in [-0.4, -0.2) is 6.61 Å². The number of anilines is 1. The molecule has 0 saturated carbocycles. The Balaban J connectivity index is 3.18. The summed E-state index contributed by atoms with van der Waals surface area (Å²) in [7, 11) is 0. The molecule has 1 rings (SSSR count). The van der Waals surface area contributed by atoms with E-state index in [1.54, 1.807) is 6.92 Å². The first-order valence-corrected chi connectivity index (χ1v) is 3.81.